The molecule has 0 fully saturated rings. The first-order chi connectivity index (χ1) is 12.2. The van der Waals surface area contributed by atoms with E-state index in [1.54, 1.807) is 11.3 Å². The molecule has 0 bridgehead atoms. The summed E-state index contributed by atoms with van der Waals surface area (Å²) < 4.78 is 2.24. The smallest absolute Gasteiger partial charge is 0.152 e. The fourth-order valence-corrected chi connectivity index (χ4v) is 3.99. The molecule has 0 spiro atoms. The van der Waals surface area contributed by atoms with Crippen LogP contribution in [-0.2, 0) is 13.1 Å². The van der Waals surface area contributed by atoms with Gasteiger partial charge in [-0.2, -0.15) is 0 Å². The Balaban J connectivity index is 1.97. The van der Waals surface area contributed by atoms with Gasteiger partial charge in [0.2, 0.25) is 0 Å². The number of hydrogen-bond donors (Lipinski definition) is 2. The summed E-state index contributed by atoms with van der Waals surface area (Å²) in [7, 11) is 0. The lowest BCUT2D eigenvalue weighted by molar-refractivity contribution is 0.639. The fraction of sp³-hybridized carbons (Fsp3) is 0.263. The molecular weight excluding hydrogens is 330 g/mol. The van der Waals surface area contributed by atoms with E-state index in [0.717, 1.165) is 47.4 Å². The van der Waals surface area contributed by atoms with Gasteiger partial charge in [-0.05, 0) is 42.6 Å². The molecule has 0 aliphatic carbocycles. The molecule has 0 atom stereocenters. The van der Waals surface area contributed by atoms with Crippen molar-refractivity contribution < 1.29 is 0 Å². The van der Waals surface area contributed by atoms with Crippen LogP contribution < -0.4 is 11.1 Å². The minimum absolute atomic E-state index is 0.496. The molecule has 0 saturated heterocycles. The molecular formula is C19H21N5S. The molecule has 25 heavy (non-hydrogen) atoms. The van der Waals surface area contributed by atoms with Gasteiger partial charge in [0.15, 0.2) is 5.82 Å². The maximum Gasteiger partial charge on any atom is 0.152 e. The number of anilines is 1. The SMILES string of the molecule is CCNCc1nc2c(N)nc3cc(-c4cccs4)ccc3c2n1CC. The zero-order valence-corrected chi connectivity index (χ0v) is 15.2. The number of aromatic nitrogens is 3. The van der Waals surface area contributed by atoms with Crippen LogP contribution in [0.4, 0.5) is 5.82 Å². The van der Waals surface area contributed by atoms with Crippen LogP contribution in [0.2, 0.25) is 0 Å². The number of imidazole rings is 1. The van der Waals surface area contributed by atoms with Gasteiger partial charge in [0.1, 0.15) is 11.3 Å². The summed E-state index contributed by atoms with van der Waals surface area (Å²) in [6.07, 6.45) is 0. The number of pyridine rings is 1. The summed E-state index contributed by atoms with van der Waals surface area (Å²) >= 11 is 1.73. The van der Waals surface area contributed by atoms with E-state index < -0.39 is 0 Å². The molecule has 4 rings (SSSR count). The van der Waals surface area contributed by atoms with Gasteiger partial charge in [-0.3, -0.25) is 0 Å². The molecule has 5 nitrogen and oxygen atoms in total. The highest BCUT2D eigenvalue weighted by Gasteiger charge is 2.16. The average Bonchev–Trinajstić information content (AvgIpc) is 3.27. The van der Waals surface area contributed by atoms with E-state index in [0.29, 0.717) is 5.82 Å². The Morgan fingerprint density at radius 1 is 1.20 bits per heavy atom. The van der Waals surface area contributed by atoms with Gasteiger partial charge in [0.05, 0.1) is 17.6 Å². The van der Waals surface area contributed by atoms with Crippen LogP contribution in [0.25, 0.3) is 32.4 Å². The van der Waals surface area contributed by atoms with E-state index >= 15 is 0 Å². The molecule has 3 heterocycles. The molecule has 1 aromatic carbocycles. The predicted molar refractivity (Wildman–Crippen MR) is 106 cm³/mol. The van der Waals surface area contributed by atoms with Crippen molar-refractivity contribution in [3.8, 4) is 10.4 Å². The zero-order valence-electron chi connectivity index (χ0n) is 14.4. The largest absolute Gasteiger partial charge is 0.382 e. The van der Waals surface area contributed by atoms with Crippen molar-refractivity contribution in [3.63, 3.8) is 0 Å². The van der Waals surface area contributed by atoms with Crippen LogP contribution >= 0.6 is 11.3 Å². The molecule has 0 saturated carbocycles. The summed E-state index contributed by atoms with van der Waals surface area (Å²) in [6.45, 7) is 6.72. The normalized spacial score (nSPS) is 11.6. The van der Waals surface area contributed by atoms with E-state index in [1.807, 2.05) is 0 Å². The monoisotopic (exact) mass is 351 g/mol. The van der Waals surface area contributed by atoms with Gasteiger partial charge in [0.25, 0.3) is 0 Å². The first-order valence-corrected chi connectivity index (χ1v) is 9.43. The van der Waals surface area contributed by atoms with E-state index in [4.69, 9.17) is 10.7 Å². The second kappa shape index (κ2) is 6.46. The molecule has 0 radical (unpaired) electrons. The van der Waals surface area contributed by atoms with Crippen LogP contribution in [0.3, 0.4) is 0 Å². The highest BCUT2D eigenvalue weighted by atomic mass is 32.1. The third-order valence-electron chi connectivity index (χ3n) is 4.44. The Morgan fingerprint density at radius 3 is 2.80 bits per heavy atom. The summed E-state index contributed by atoms with van der Waals surface area (Å²) in [5.41, 5.74) is 10.2. The quantitative estimate of drug-likeness (QED) is 0.570. The zero-order chi connectivity index (χ0) is 17.4. The molecule has 0 unspecified atom stereocenters. The number of hydrogen-bond acceptors (Lipinski definition) is 5. The number of rotatable bonds is 5. The molecule has 0 amide bonds. The van der Waals surface area contributed by atoms with Gasteiger partial charge >= 0.3 is 0 Å². The summed E-state index contributed by atoms with van der Waals surface area (Å²) in [5.74, 6) is 1.50. The Morgan fingerprint density at radius 2 is 2.08 bits per heavy atom. The number of aryl methyl sites for hydroxylation is 1. The molecule has 3 aromatic heterocycles. The highest BCUT2D eigenvalue weighted by molar-refractivity contribution is 7.13. The summed E-state index contributed by atoms with van der Waals surface area (Å²) in [4.78, 5) is 10.6. The minimum atomic E-state index is 0.496. The minimum Gasteiger partial charge on any atom is -0.382 e. The van der Waals surface area contributed by atoms with Crippen LogP contribution in [0.15, 0.2) is 35.7 Å². The van der Waals surface area contributed by atoms with Gasteiger partial charge in [-0.25, -0.2) is 9.97 Å². The Hall–Kier alpha value is -2.44. The number of benzene rings is 1. The van der Waals surface area contributed by atoms with Crippen molar-refractivity contribution in [2.75, 3.05) is 12.3 Å². The van der Waals surface area contributed by atoms with Gasteiger partial charge < -0.3 is 15.6 Å². The van der Waals surface area contributed by atoms with Crippen molar-refractivity contribution in [1.82, 2.24) is 19.9 Å². The summed E-state index contributed by atoms with van der Waals surface area (Å²) in [6, 6.07) is 10.6. The molecule has 4 aromatic rings. The molecule has 0 aliphatic heterocycles. The first-order valence-electron chi connectivity index (χ1n) is 8.55. The second-order valence-corrected chi connectivity index (χ2v) is 6.90. The number of nitrogens with one attached hydrogen (secondary N) is 1. The van der Waals surface area contributed by atoms with Crippen LogP contribution in [-0.4, -0.2) is 21.1 Å². The van der Waals surface area contributed by atoms with E-state index in [2.05, 4.69) is 64.4 Å². The Labute approximate surface area is 150 Å². The van der Waals surface area contributed by atoms with E-state index in [1.165, 1.54) is 10.4 Å². The van der Waals surface area contributed by atoms with Crippen molar-refractivity contribution in [2.45, 2.75) is 26.9 Å². The standard InChI is InChI=1S/C19H21N5S/c1-3-21-11-16-23-17-18(24(16)4-2)13-8-7-12(15-6-5-9-25-15)10-14(13)22-19(17)20/h5-10,21H,3-4,11H2,1-2H3,(H2,20,22). The number of thiophene rings is 1. The van der Waals surface area contributed by atoms with Crippen molar-refractivity contribution in [2.24, 2.45) is 0 Å². The van der Waals surface area contributed by atoms with Crippen molar-refractivity contribution in [1.29, 1.82) is 0 Å². The Kier molecular flexibility index (Phi) is 4.15. The van der Waals surface area contributed by atoms with Gasteiger partial charge in [-0.15, -0.1) is 11.3 Å². The van der Waals surface area contributed by atoms with Gasteiger partial charge in [0, 0.05) is 16.8 Å². The number of nitrogens with two attached hydrogens (primary N) is 1. The second-order valence-electron chi connectivity index (χ2n) is 5.96. The van der Waals surface area contributed by atoms with Crippen molar-refractivity contribution in [3.05, 3.63) is 41.5 Å². The van der Waals surface area contributed by atoms with Crippen LogP contribution in [0, 0.1) is 0 Å². The molecule has 6 heteroatoms. The first kappa shape index (κ1) is 16.1. The van der Waals surface area contributed by atoms with E-state index in [-0.39, 0.29) is 0 Å². The summed E-state index contributed by atoms with van der Waals surface area (Å²) in [5, 5.41) is 6.54. The number of nitrogens with zero attached hydrogens (tertiary/aromatic N) is 3. The lowest BCUT2D eigenvalue weighted by atomic mass is 10.1. The topological polar surface area (TPSA) is 68.8 Å². The van der Waals surface area contributed by atoms with Crippen molar-refractivity contribution >= 4 is 39.1 Å². The van der Waals surface area contributed by atoms with E-state index in [9.17, 15) is 0 Å². The van der Waals surface area contributed by atoms with Crippen LogP contribution in [0.1, 0.15) is 19.7 Å². The third-order valence-corrected chi connectivity index (χ3v) is 5.36. The molecule has 128 valence electrons. The molecule has 3 N–H and O–H groups in total. The number of fused-ring (bicyclic) bond motifs is 3. The number of nitrogen functional groups attached to an aromatic ring is 1. The lowest BCUT2D eigenvalue weighted by Crippen LogP contribution is -2.16. The maximum absolute atomic E-state index is 6.25. The highest BCUT2D eigenvalue weighted by Crippen LogP contribution is 2.33. The fourth-order valence-electron chi connectivity index (χ4n) is 3.27. The van der Waals surface area contributed by atoms with Gasteiger partial charge in [-0.1, -0.05) is 19.1 Å². The van der Waals surface area contributed by atoms with Crippen LogP contribution in [0.5, 0.6) is 0 Å². The maximum atomic E-state index is 6.25. The lowest BCUT2D eigenvalue weighted by Gasteiger charge is -2.09. The molecule has 0 aliphatic rings. The predicted octanol–water partition coefficient (Wildman–Crippen LogP) is 4.02. The Bertz CT molecular complexity index is 1030. The third kappa shape index (κ3) is 2.67. The average molecular weight is 351 g/mol.